The molecule has 41 heavy (non-hydrogen) atoms. The lowest BCUT2D eigenvalue weighted by Gasteiger charge is -2.55. The summed E-state index contributed by atoms with van der Waals surface area (Å²) >= 11 is 0. The fraction of sp³-hybridized carbons (Fsp3) is 0.407. The fourth-order valence-corrected chi connectivity index (χ4v) is 6.16. The first-order valence-corrected chi connectivity index (χ1v) is 13.1. The monoisotopic (exact) mass is 572 g/mol. The van der Waals surface area contributed by atoms with Gasteiger partial charge in [-0.3, -0.25) is 4.98 Å². The number of imidazole rings is 1. The van der Waals surface area contributed by atoms with Crippen LogP contribution in [0.5, 0.6) is 5.75 Å². The van der Waals surface area contributed by atoms with Crippen LogP contribution in [0.1, 0.15) is 31.2 Å². The Morgan fingerprint density at radius 2 is 1.90 bits per heavy atom. The van der Waals surface area contributed by atoms with E-state index >= 15 is 4.39 Å². The fourth-order valence-electron chi connectivity index (χ4n) is 6.16. The minimum atomic E-state index is -3.30. The molecule has 3 atom stereocenters. The number of rotatable bonds is 5. The zero-order chi connectivity index (χ0) is 29.1. The van der Waals surface area contributed by atoms with E-state index in [2.05, 4.69) is 19.9 Å². The predicted molar refractivity (Wildman–Crippen MR) is 142 cm³/mol. The molecule has 1 unspecified atom stereocenters. The molecule has 10 nitrogen and oxygen atoms in total. The van der Waals surface area contributed by atoms with Crippen LogP contribution in [0.4, 0.5) is 29.1 Å². The van der Waals surface area contributed by atoms with Gasteiger partial charge in [0.2, 0.25) is 0 Å². The maximum absolute atomic E-state index is 15.0. The van der Waals surface area contributed by atoms with Gasteiger partial charge in [-0.25, -0.2) is 32.5 Å². The topological polar surface area (TPSA) is 141 Å². The third-order valence-corrected chi connectivity index (χ3v) is 8.23. The third-order valence-electron chi connectivity index (χ3n) is 8.23. The van der Waals surface area contributed by atoms with Crippen molar-refractivity contribution in [1.29, 1.82) is 0 Å². The molecule has 4 aromatic rings. The van der Waals surface area contributed by atoms with Crippen molar-refractivity contribution in [3.63, 3.8) is 0 Å². The molecule has 1 saturated carbocycles. The van der Waals surface area contributed by atoms with Crippen molar-refractivity contribution < 1.29 is 27.4 Å². The lowest BCUT2D eigenvalue weighted by Crippen LogP contribution is -2.74. The van der Waals surface area contributed by atoms with Gasteiger partial charge in [0.1, 0.15) is 23.8 Å². The van der Waals surface area contributed by atoms with Gasteiger partial charge in [0.25, 0.3) is 5.92 Å². The SMILES string of the molecule is COc1cc(F)c(-c2cc(Cn3cnc4c(N)ncnc43)c(N3CCC[C@]4(N)C3CCC(F)(F)[C@@H]4O)cn2)cc1F. The van der Waals surface area contributed by atoms with Crippen molar-refractivity contribution in [2.45, 2.75) is 55.8 Å². The molecule has 1 aliphatic carbocycles. The van der Waals surface area contributed by atoms with Gasteiger partial charge in [-0.15, -0.1) is 0 Å². The molecule has 3 aromatic heterocycles. The van der Waals surface area contributed by atoms with Crippen molar-refractivity contribution >= 4 is 22.7 Å². The molecule has 1 aliphatic heterocycles. The smallest absolute Gasteiger partial charge is 0.275 e. The van der Waals surface area contributed by atoms with Crippen LogP contribution in [-0.2, 0) is 6.54 Å². The zero-order valence-electron chi connectivity index (χ0n) is 22.1. The summed E-state index contributed by atoms with van der Waals surface area (Å²) in [4.78, 5) is 18.9. The van der Waals surface area contributed by atoms with Crippen LogP contribution in [-0.4, -0.2) is 66.9 Å². The first-order chi connectivity index (χ1) is 19.5. The summed E-state index contributed by atoms with van der Waals surface area (Å²) < 4.78 is 65.3. The van der Waals surface area contributed by atoms with Gasteiger partial charge in [-0.1, -0.05) is 0 Å². The van der Waals surface area contributed by atoms with Gasteiger partial charge < -0.3 is 30.8 Å². The largest absolute Gasteiger partial charge is 0.494 e. The summed E-state index contributed by atoms with van der Waals surface area (Å²) in [7, 11) is 1.24. The second-order valence-corrected chi connectivity index (χ2v) is 10.6. The molecule has 14 heteroatoms. The number of nitrogen functional groups attached to an aromatic ring is 1. The summed E-state index contributed by atoms with van der Waals surface area (Å²) in [6.07, 6.45) is 2.54. The molecule has 2 aliphatic rings. The number of halogens is 4. The second kappa shape index (κ2) is 9.80. The second-order valence-electron chi connectivity index (χ2n) is 10.6. The lowest BCUT2D eigenvalue weighted by molar-refractivity contribution is -0.172. The summed E-state index contributed by atoms with van der Waals surface area (Å²) in [6.45, 7) is 0.624. The molecule has 216 valence electrons. The maximum Gasteiger partial charge on any atom is 0.275 e. The number of hydrogen-bond acceptors (Lipinski definition) is 9. The average molecular weight is 573 g/mol. The van der Waals surface area contributed by atoms with E-state index in [1.807, 2.05) is 4.90 Å². The Bertz CT molecular complexity index is 1630. The average Bonchev–Trinajstić information content (AvgIpc) is 3.36. The van der Waals surface area contributed by atoms with Crippen LogP contribution in [0, 0.1) is 11.6 Å². The highest BCUT2D eigenvalue weighted by Gasteiger charge is 2.60. The molecule has 2 fully saturated rings. The third kappa shape index (κ3) is 4.41. The normalized spacial score (nSPS) is 23.9. The van der Waals surface area contributed by atoms with Gasteiger partial charge in [0, 0.05) is 30.6 Å². The molecule has 6 rings (SSSR count). The first kappa shape index (κ1) is 27.1. The van der Waals surface area contributed by atoms with Gasteiger partial charge in [-0.2, -0.15) is 0 Å². The summed E-state index contributed by atoms with van der Waals surface area (Å²) in [5.41, 5.74) is 13.0. The highest BCUT2D eigenvalue weighted by molar-refractivity contribution is 5.81. The van der Waals surface area contributed by atoms with Crippen LogP contribution in [0.25, 0.3) is 22.4 Å². The summed E-state index contributed by atoms with van der Waals surface area (Å²) in [5.74, 6) is -4.85. The number of hydrogen-bond donors (Lipinski definition) is 3. The molecule has 1 aromatic carbocycles. The van der Waals surface area contributed by atoms with Crippen molar-refractivity contribution in [2.24, 2.45) is 5.73 Å². The van der Waals surface area contributed by atoms with Gasteiger partial charge >= 0.3 is 0 Å². The summed E-state index contributed by atoms with van der Waals surface area (Å²) in [6, 6.07) is 2.95. The number of pyridine rings is 1. The highest BCUT2D eigenvalue weighted by atomic mass is 19.3. The molecular weight excluding hydrogens is 544 g/mol. The van der Waals surface area contributed by atoms with E-state index in [4.69, 9.17) is 16.2 Å². The number of alkyl halides is 2. The van der Waals surface area contributed by atoms with E-state index in [0.717, 1.165) is 12.1 Å². The van der Waals surface area contributed by atoms with Crippen LogP contribution in [0.2, 0.25) is 0 Å². The van der Waals surface area contributed by atoms with E-state index in [-0.39, 0.29) is 42.2 Å². The van der Waals surface area contributed by atoms with Gasteiger partial charge in [0.15, 0.2) is 23.0 Å². The molecule has 0 bridgehead atoms. The van der Waals surface area contributed by atoms with Crippen LogP contribution >= 0.6 is 0 Å². The number of fused-ring (bicyclic) bond motifs is 2. The number of aliphatic hydroxyl groups excluding tert-OH is 1. The Labute approximate surface area is 232 Å². The number of aliphatic hydroxyl groups is 1. The first-order valence-electron chi connectivity index (χ1n) is 13.1. The number of nitrogens with zero attached hydrogens (tertiary/aromatic N) is 6. The predicted octanol–water partition coefficient (Wildman–Crippen LogP) is 3.26. The molecule has 0 amide bonds. The van der Waals surface area contributed by atoms with E-state index in [1.54, 1.807) is 10.6 Å². The maximum atomic E-state index is 15.0. The number of anilines is 2. The van der Waals surface area contributed by atoms with Crippen molar-refractivity contribution in [3.8, 4) is 17.0 Å². The quantitative estimate of drug-likeness (QED) is 0.307. The van der Waals surface area contributed by atoms with Crippen LogP contribution in [0.15, 0.2) is 37.1 Å². The Balaban J connectivity index is 1.48. The van der Waals surface area contributed by atoms with Crippen LogP contribution < -0.4 is 21.1 Å². The Hall–Kier alpha value is -4.04. The molecule has 0 spiro atoms. The number of benzene rings is 1. The van der Waals surface area contributed by atoms with Crippen molar-refractivity contribution in [1.82, 2.24) is 24.5 Å². The van der Waals surface area contributed by atoms with Crippen LogP contribution in [0.3, 0.4) is 0 Å². The van der Waals surface area contributed by atoms with Gasteiger partial charge in [0.05, 0.1) is 43.1 Å². The Morgan fingerprint density at radius 1 is 1.10 bits per heavy atom. The van der Waals surface area contributed by atoms with Gasteiger partial charge in [-0.05, 0) is 37.0 Å². The molecule has 1 saturated heterocycles. The summed E-state index contributed by atoms with van der Waals surface area (Å²) in [5, 5.41) is 10.6. The minimum Gasteiger partial charge on any atom is -0.494 e. The van der Waals surface area contributed by atoms with E-state index in [0.29, 0.717) is 35.4 Å². The Kier molecular flexibility index (Phi) is 6.49. The van der Waals surface area contributed by atoms with E-state index in [9.17, 15) is 18.3 Å². The van der Waals surface area contributed by atoms with Crippen molar-refractivity contribution in [3.05, 3.63) is 54.2 Å². The molecule has 0 radical (unpaired) electrons. The Morgan fingerprint density at radius 3 is 2.68 bits per heavy atom. The number of nitrogens with two attached hydrogens (primary N) is 2. The molecule has 5 N–H and O–H groups in total. The highest BCUT2D eigenvalue weighted by Crippen LogP contribution is 2.46. The van der Waals surface area contributed by atoms with E-state index < -0.39 is 41.7 Å². The number of piperidine rings is 1. The lowest BCUT2D eigenvalue weighted by atomic mass is 9.68. The number of methoxy groups -OCH3 is 1. The number of ether oxygens (including phenoxy) is 1. The molecule has 4 heterocycles. The van der Waals surface area contributed by atoms with E-state index in [1.165, 1.54) is 26.0 Å². The number of aromatic nitrogens is 5. The zero-order valence-corrected chi connectivity index (χ0v) is 22.1. The molecular formula is C27H28F4N8O2. The minimum absolute atomic E-state index is 0.0534. The van der Waals surface area contributed by atoms with Crippen molar-refractivity contribution in [2.75, 3.05) is 24.3 Å². The standard InChI is InChI=1S/C27H28F4N8O2/c1-41-20-9-16(28)15(8-17(20)29)18-7-14(11-38-13-37-22-23(32)35-12-36-24(22)38)19(10-34-18)39-6-2-4-26(33)21(39)3-5-27(30,31)25(26)40/h7-10,12-13,21,25,40H,2-6,11,33H2,1H3,(H2,32,35,36)/t21?,25-,26+/m1/s1.